The van der Waals surface area contributed by atoms with Gasteiger partial charge >= 0.3 is 0 Å². The number of hydrogen-bond donors (Lipinski definition) is 0. The second-order valence-corrected chi connectivity index (χ2v) is 7.67. The van der Waals surface area contributed by atoms with Gasteiger partial charge in [-0.3, -0.25) is 0 Å². The van der Waals surface area contributed by atoms with Gasteiger partial charge in [-0.2, -0.15) is 0 Å². The molecule has 0 N–H and O–H groups in total. The molecule has 0 spiro atoms. The van der Waals surface area contributed by atoms with E-state index in [1.807, 2.05) is 0 Å². The largest absolute Gasteiger partial charge is 0.244 e. The van der Waals surface area contributed by atoms with E-state index in [-0.39, 0.29) is 0 Å². The fraction of sp³-hybridized carbons (Fsp3) is 0.400. The molecule has 0 aliphatic rings. The summed E-state index contributed by atoms with van der Waals surface area (Å²) < 4.78 is 8.96. The zero-order valence-corrected chi connectivity index (χ0v) is 17.2. The van der Waals surface area contributed by atoms with Crippen LogP contribution in [-0.2, 0) is 26.2 Å². The van der Waals surface area contributed by atoms with Gasteiger partial charge in [-0.05, 0) is 24.0 Å². The summed E-state index contributed by atoms with van der Waals surface area (Å²) in [5.74, 6) is 0. The standard InChI is InChI=1S/C20H26N4Si2/c25-13-1-7-21-9-11-23(17-21)15-19-3-5-20(6-4-19)16-24-12-10-22(18-24)8-2-14-26/h3-6,9-12,17-18H,1-2,7-8,13-16H2/q+2. The number of imidazole rings is 2. The van der Waals surface area contributed by atoms with Gasteiger partial charge in [0.2, 0.25) is 12.7 Å². The van der Waals surface area contributed by atoms with Crippen molar-refractivity contribution in [2.75, 3.05) is 0 Å². The number of hydrogen-bond acceptors (Lipinski definition) is 0. The summed E-state index contributed by atoms with van der Waals surface area (Å²) in [6.45, 7) is 3.94. The minimum atomic E-state index is 0.914. The maximum atomic E-state index is 3.53. The zero-order valence-electron chi connectivity index (χ0n) is 15.2. The summed E-state index contributed by atoms with van der Waals surface area (Å²) in [5, 5.41) is 0. The lowest BCUT2D eigenvalue weighted by atomic mass is 10.1. The summed E-state index contributed by atoms with van der Waals surface area (Å²) in [6.07, 6.45) is 15.2. The molecule has 132 valence electrons. The van der Waals surface area contributed by atoms with Gasteiger partial charge in [0.25, 0.3) is 0 Å². The normalized spacial score (nSPS) is 11.2. The third-order valence-corrected chi connectivity index (χ3v) is 5.14. The monoisotopic (exact) mass is 378 g/mol. The van der Waals surface area contributed by atoms with Crippen LogP contribution in [0.15, 0.2) is 61.7 Å². The van der Waals surface area contributed by atoms with Crippen molar-refractivity contribution >= 4 is 20.5 Å². The summed E-state index contributed by atoms with van der Waals surface area (Å²) in [5.41, 5.74) is 2.66. The van der Waals surface area contributed by atoms with E-state index in [4.69, 9.17) is 0 Å². The Hall–Kier alpha value is -1.93. The van der Waals surface area contributed by atoms with Crippen molar-refractivity contribution < 1.29 is 9.13 Å². The third-order valence-electron chi connectivity index (χ3n) is 4.43. The van der Waals surface area contributed by atoms with E-state index in [1.165, 1.54) is 11.1 Å². The zero-order chi connectivity index (χ0) is 18.2. The molecule has 0 amide bonds. The Morgan fingerprint density at radius 1 is 0.692 bits per heavy atom. The number of nitrogens with zero attached hydrogens (tertiary/aromatic N) is 4. The summed E-state index contributed by atoms with van der Waals surface area (Å²) >= 11 is 0. The Labute approximate surface area is 163 Å². The molecule has 0 bridgehead atoms. The molecule has 2 aromatic heterocycles. The molecule has 3 aromatic rings. The summed E-state index contributed by atoms with van der Waals surface area (Å²) in [6, 6.07) is 11.0. The first-order valence-corrected chi connectivity index (χ1v) is 10.6. The first kappa shape index (κ1) is 18.9. The number of aryl methyl sites for hydroxylation is 2. The van der Waals surface area contributed by atoms with Gasteiger partial charge in [0.1, 0.15) is 37.9 Å². The average Bonchev–Trinajstić information content (AvgIpc) is 3.29. The van der Waals surface area contributed by atoms with Crippen molar-refractivity contribution in [2.24, 2.45) is 0 Å². The summed E-state index contributed by atoms with van der Waals surface area (Å²) in [4.78, 5) is 0. The highest BCUT2D eigenvalue weighted by atomic mass is 28.1. The minimum absolute atomic E-state index is 0.914. The molecule has 0 saturated carbocycles. The van der Waals surface area contributed by atoms with Gasteiger partial charge in [-0.15, -0.1) is 0 Å². The Morgan fingerprint density at radius 3 is 1.50 bits per heavy atom. The predicted molar refractivity (Wildman–Crippen MR) is 104 cm³/mol. The van der Waals surface area contributed by atoms with Crippen LogP contribution < -0.4 is 9.13 Å². The SMILES string of the molecule is [Si]CCCn1cc[n+](Cc2ccc(C[n+]3ccn(CCC[Si])c3)cc2)c1. The smallest absolute Gasteiger partial charge is 0.237 e. The number of rotatable bonds is 10. The third kappa shape index (κ3) is 5.54. The molecular formula is C20H26N4Si2+2. The van der Waals surface area contributed by atoms with Crippen molar-refractivity contribution in [2.45, 2.75) is 51.1 Å². The molecule has 0 aliphatic carbocycles. The molecule has 0 unspecified atom stereocenters. The fourth-order valence-corrected chi connectivity index (χ4v) is 3.34. The van der Waals surface area contributed by atoms with E-state index in [0.717, 1.165) is 51.1 Å². The molecule has 2 heterocycles. The molecule has 0 aliphatic heterocycles. The van der Waals surface area contributed by atoms with Crippen LogP contribution in [-0.4, -0.2) is 29.6 Å². The van der Waals surface area contributed by atoms with Crippen LogP contribution in [0, 0.1) is 0 Å². The van der Waals surface area contributed by atoms with Crippen LogP contribution in [0.1, 0.15) is 24.0 Å². The van der Waals surface area contributed by atoms with Crippen molar-refractivity contribution in [3.05, 3.63) is 72.8 Å². The lowest BCUT2D eigenvalue weighted by molar-refractivity contribution is -0.688. The quantitative estimate of drug-likeness (QED) is 0.379. The highest BCUT2D eigenvalue weighted by Crippen LogP contribution is 2.05. The maximum Gasteiger partial charge on any atom is 0.244 e. The molecule has 1 aromatic carbocycles. The Kier molecular flexibility index (Phi) is 7.02. The molecule has 26 heavy (non-hydrogen) atoms. The molecule has 4 nitrogen and oxygen atoms in total. The Morgan fingerprint density at radius 2 is 1.12 bits per heavy atom. The van der Waals surface area contributed by atoms with Gasteiger partial charge < -0.3 is 0 Å². The predicted octanol–water partition coefficient (Wildman–Crippen LogP) is 1.91. The summed E-state index contributed by atoms with van der Waals surface area (Å²) in [7, 11) is 7.06. The molecule has 0 fully saturated rings. The van der Waals surface area contributed by atoms with Crippen molar-refractivity contribution in [3.8, 4) is 0 Å². The molecule has 3 rings (SSSR count). The molecule has 0 atom stereocenters. The van der Waals surface area contributed by atoms with Crippen molar-refractivity contribution in [3.63, 3.8) is 0 Å². The van der Waals surface area contributed by atoms with Crippen LogP contribution in [0.25, 0.3) is 0 Å². The molecular weight excluding hydrogens is 352 g/mol. The van der Waals surface area contributed by atoms with Gasteiger partial charge in [0, 0.05) is 20.5 Å². The number of aromatic nitrogens is 4. The van der Waals surface area contributed by atoms with E-state index in [9.17, 15) is 0 Å². The van der Waals surface area contributed by atoms with E-state index in [2.05, 4.69) is 100 Å². The second kappa shape index (κ2) is 9.68. The molecule has 6 radical (unpaired) electrons. The lowest BCUT2D eigenvalue weighted by Gasteiger charge is -2.01. The van der Waals surface area contributed by atoms with E-state index < -0.39 is 0 Å². The maximum absolute atomic E-state index is 3.53. The van der Waals surface area contributed by atoms with Crippen LogP contribution >= 0.6 is 0 Å². The highest BCUT2D eigenvalue weighted by molar-refractivity contribution is 6.08. The second-order valence-electron chi connectivity index (χ2n) is 6.67. The molecule has 0 saturated heterocycles. The van der Waals surface area contributed by atoms with Crippen LogP contribution in [0.2, 0.25) is 12.1 Å². The van der Waals surface area contributed by atoms with Crippen LogP contribution in [0.4, 0.5) is 0 Å². The first-order chi connectivity index (χ1) is 12.8. The van der Waals surface area contributed by atoms with Gasteiger partial charge in [0.05, 0.1) is 13.1 Å². The van der Waals surface area contributed by atoms with Crippen molar-refractivity contribution in [1.29, 1.82) is 0 Å². The average molecular weight is 379 g/mol. The topological polar surface area (TPSA) is 17.6 Å². The van der Waals surface area contributed by atoms with Crippen LogP contribution in [0.5, 0.6) is 0 Å². The Bertz CT molecular complexity index is 725. The van der Waals surface area contributed by atoms with Gasteiger partial charge in [-0.1, -0.05) is 36.4 Å². The van der Waals surface area contributed by atoms with E-state index in [0.29, 0.717) is 0 Å². The van der Waals surface area contributed by atoms with Crippen LogP contribution in [0.3, 0.4) is 0 Å². The lowest BCUT2D eigenvalue weighted by Crippen LogP contribution is -2.32. The first-order valence-electron chi connectivity index (χ1n) is 9.23. The number of benzene rings is 1. The van der Waals surface area contributed by atoms with Gasteiger partial charge in [0.15, 0.2) is 0 Å². The molecule has 6 heteroatoms. The highest BCUT2D eigenvalue weighted by Gasteiger charge is 2.07. The minimum Gasteiger partial charge on any atom is -0.237 e. The fourth-order valence-electron chi connectivity index (χ4n) is 3.02. The van der Waals surface area contributed by atoms with E-state index >= 15 is 0 Å². The Balaban J connectivity index is 1.54. The van der Waals surface area contributed by atoms with Gasteiger partial charge in [-0.25, -0.2) is 18.3 Å². The van der Waals surface area contributed by atoms with Crippen molar-refractivity contribution in [1.82, 2.24) is 9.13 Å². The van der Waals surface area contributed by atoms with E-state index in [1.54, 1.807) is 0 Å².